The van der Waals surface area contributed by atoms with Gasteiger partial charge in [0.05, 0.1) is 4.92 Å². The van der Waals surface area contributed by atoms with Crippen LogP contribution in [-0.2, 0) is 9.53 Å². The van der Waals surface area contributed by atoms with Crippen molar-refractivity contribution in [3.8, 4) is 0 Å². The molecule has 0 saturated carbocycles. The number of esters is 1. The molecule has 0 fully saturated rings. The van der Waals surface area contributed by atoms with E-state index in [0.29, 0.717) is 11.3 Å². The first-order valence-electron chi connectivity index (χ1n) is 7.94. The van der Waals surface area contributed by atoms with E-state index in [9.17, 15) is 19.7 Å². The highest BCUT2D eigenvalue weighted by Crippen LogP contribution is 2.22. The van der Waals surface area contributed by atoms with Crippen LogP contribution in [0.4, 0.5) is 16.2 Å². The molecule has 2 aromatic carbocycles. The molecule has 0 unspecified atom stereocenters. The van der Waals surface area contributed by atoms with Crippen LogP contribution in [0.3, 0.4) is 0 Å². The standard InChI is InChI=1S/C18H19N3O5/c1-12(19-18(23)20-15-8-4-3-5-9-15)17(22)26-13(2)14-7-6-10-16(11-14)21(24)25/h3-13H,1-2H3,(H2,19,20,23)/t12-,13+/m0/s1. The summed E-state index contributed by atoms with van der Waals surface area (Å²) in [6.07, 6.45) is -0.691. The number of para-hydroxylation sites is 1. The Kier molecular flexibility index (Phi) is 6.26. The predicted molar refractivity (Wildman–Crippen MR) is 95.7 cm³/mol. The first-order valence-corrected chi connectivity index (χ1v) is 7.94. The molecule has 0 saturated heterocycles. The number of anilines is 1. The minimum absolute atomic E-state index is 0.0844. The van der Waals surface area contributed by atoms with Gasteiger partial charge in [0.1, 0.15) is 12.1 Å². The van der Waals surface area contributed by atoms with E-state index in [1.165, 1.54) is 25.1 Å². The summed E-state index contributed by atoms with van der Waals surface area (Å²) >= 11 is 0. The molecule has 0 heterocycles. The van der Waals surface area contributed by atoms with Gasteiger partial charge in [0.2, 0.25) is 0 Å². The molecule has 0 radical (unpaired) electrons. The molecule has 0 spiro atoms. The van der Waals surface area contributed by atoms with Crippen LogP contribution in [0.2, 0.25) is 0 Å². The molecule has 8 nitrogen and oxygen atoms in total. The lowest BCUT2D eigenvalue weighted by Gasteiger charge is -2.18. The molecular weight excluding hydrogens is 338 g/mol. The van der Waals surface area contributed by atoms with Gasteiger partial charge in [0.25, 0.3) is 5.69 Å². The van der Waals surface area contributed by atoms with Crippen LogP contribution in [0, 0.1) is 10.1 Å². The number of nitrogens with one attached hydrogen (secondary N) is 2. The zero-order valence-electron chi connectivity index (χ0n) is 14.3. The Balaban J connectivity index is 1.90. The van der Waals surface area contributed by atoms with Gasteiger partial charge in [-0.1, -0.05) is 30.3 Å². The number of hydrogen-bond acceptors (Lipinski definition) is 5. The monoisotopic (exact) mass is 357 g/mol. The van der Waals surface area contributed by atoms with E-state index in [1.807, 2.05) is 6.07 Å². The Morgan fingerprint density at radius 2 is 1.77 bits per heavy atom. The fourth-order valence-corrected chi connectivity index (χ4v) is 2.18. The van der Waals surface area contributed by atoms with Crippen molar-refractivity contribution < 1.29 is 19.2 Å². The number of nitro groups is 1. The molecule has 0 aliphatic carbocycles. The van der Waals surface area contributed by atoms with E-state index in [0.717, 1.165) is 0 Å². The summed E-state index contributed by atoms with van der Waals surface area (Å²) in [7, 11) is 0. The summed E-state index contributed by atoms with van der Waals surface area (Å²) < 4.78 is 5.28. The van der Waals surface area contributed by atoms with Crippen molar-refractivity contribution in [3.63, 3.8) is 0 Å². The summed E-state index contributed by atoms with van der Waals surface area (Å²) in [6.45, 7) is 3.10. The number of non-ortho nitro benzene ring substituents is 1. The predicted octanol–water partition coefficient (Wildman–Crippen LogP) is 3.41. The molecule has 0 aliphatic rings. The van der Waals surface area contributed by atoms with Gasteiger partial charge < -0.3 is 15.4 Å². The van der Waals surface area contributed by atoms with Crippen molar-refractivity contribution in [1.82, 2.24) is 5.32 Å². The Morgan fingerprint density at radius 1 is 1.08 bits per heavy atom. The number of nitrogens with zero attached hydrogens (tertiary/aromatic N) is 1. The number of urea groups is 1. The van der Waals surface area contributed by atoms with Crippen LogP contribution >= 0.6 is 0 Å². The SMILES string of the molecule is C[C@H](NC(=O)Nc1ccccc1)C(=O)O[C@H](C)c1cccc([N+](=O)[O-])c1. The molecule has 2 rings (SSSR count). The normalized spacial score (nSPS) is 12.5. The summed E-state index contributed by atoms with van der Waals surface area (Å²) in [4.78, 5) is 34.3. The number of ether oxygens (including phenoxy) is 1. The number of benzene rings is 2. The van der Waals surface area contributed by atoms with Crippen molar-refractivity contribution in [3.05, 3.63) is 70.3 Å². The maximum absolute atomic E-state index is 12.1. The highest BCUT2D eigenvalue weighted by atomic mass is 16.6. The average molecular weight is 357 g/mol. The smallest absolute Gasteiger partial charge is 0.329 e. The van der Waals surface area contributed by atoms with Gasteiger partial charge in [0.15, 0.2) is 0 Å². The lowest BCUT2D eigenvalue weighted by atomic mass is 10.1. The molecule has 26 heavy (non-hydrogen) atoms. The molecule has 0 bridgehead atoms. The third-order valence-corrected chi connectivity index (χ3v) is 3.58. The summed E-state index contributed by atoms with van der Waals surface area (Å²) in [5.41, 5.74) is 1.00. The summed E-state index contributed by atoms with van der Waals surface area (Å²) in [5.74, 6) is -0.646. The second-order valence-electron chi connectivity index (χ2n) is 5.62. The van der Waals surface area contributed by atoms with E-state index >= 15 is 0 Å². The van der Waals surface area contributed by atoms with E-state index in [-0.39, 0.29) is 5.69 Å². The first-order chi connectivity index (χ1) is 12.4. The van der Waals surface area contributed by atoms with Gasteiger partial charge >= 0.3 is 12.0 Å². The van der Waals surface area contributed by atoms with Gasteiger partial charge in [-0.2, -0.15) is 0 Å². The van der Waals surface area contributed by atoms with E-state index in [4.69, 9.17) is 4.74 Å². The number of carbonyl (C=O) groups is 2. The first kappa shape index (κ1) is 18.9. The third kappa shape index (κ3) is 5.30. The van der Waals surface area contributed by atoms with Gasteiger partial charge in [0, 0.05) is 17.8 Å². The highest BCUT2D eigenvalue weighted by Gasteiger charge is 2.21. The average Bonchev–Trinajstić information content (AvgIpc) is 2.62. The number of carbonyl (C=O) groups excluding carboxylic acids is 2. The molecular formula is C18H19N3O5. The second kappa shape index (κ2) is 8.61. The fourth-order valence-electron chi connectivity index (χ4n) is 2.18. The lowest BCUT2D eigenvalue weighted by molar-refractivity contribution is -0.385. The molecule has 2 aromatic rings. The van der Waals surface area contributed by atoms with Crippen molar-refractivity contribution in [2.24, 2.45) is 0 Å². The minimum atomic E-state index is -0.889. The highest BCUT2D eigenvalue weighted by molar-refractivity contribution is 5.92. The van der Waals surface area contributed by atoms with Crippen LogP contribution in [-0.4, -0.2) is 23.0 Å². The molecule has 8 heteroatoms. The Labute approximate surface area is 150 Å². The van der Waals surface area contributed by atoms with Crippen LogP contribution in [0.5, 0.6) is 0 Å². The molecule has 2 atom stereocenters. The zero-order chi connectivity index (χ0) is 19.1. The minimum Gasteiger partial charge on any atom is -0.456 e. The quantitative estimate of drug-likeness (QED) is 0.467. The number of rotatable bonds is 6. The second-order valence-corrected chi connectivity index (χ2v) is 5.62. The van der Waals surface area contributed by atoms with E-state index in [2.05, 4.69) is 10.6 Å². The van der Waals surface area contributed by atoms with Crippen LogP contribution in [0.15, 0.2) is 54.6 Å². The van der Waals surface area contributed by atoms with E-state index in [1.54, 1.807) is 37.3 Å². The van der Waals surface area contributed by atoms with Crippen LogP contribution in [0.25, 0.3) is 0 Å². The number of nitro benzene ring substituents is 1. The van der Waals surface area contributed by atoms with Gasteiger partial charge in [-0.15, -0.1) is 0 Å². The van der Waals surface area contributed by atoms with Crippen molar-refractivity contribution >= 4 is 23.4 Å². The van der Waals surface area contributed by atoms with Crippen LogP contribution in [0.1, 0.15) is 25.5 Å². The molecule has 0 aromatic heterocycles. The molecule has 2 N–H and O–H groups in total. The Hall–Kier alpha value is -3.42. The van der Waals surface area contributed by atoms with Crippen LogP contribution < -0.4 is 10.6 Å². The van der Waals surface area contributed by atoms with Crippen molar-refractivity contribution in [2.45, 2.75) is 26.0 Å². The maximum Gasteiger partial charge on any atom is 0.329 e. The molecule has 136 valence electrons. The number of hydrogen-bond donors (Lipinski definition) is 2. The third-order valence-electron chi connectivity index (χ3n) is 3.58. The van der Waals surface area contributed by atoms with E-state index < -0.39 is 29.1 Å². The lowest BCUT2D eigenvalue weighted by Crippen LogP contribution is -2.42. The topological polar surface area (TPSA) is 111 Å². The largest absolute Gasteiger partial charge is 0.456 e. The Bertz CT molecular complexity index is 794. The Morgan fingerprint density at radius 3 is 2.42 bits per heavy atom. The fraction of sp³-hybridized carbons (Fsp3) is 0.222. The van der Waals surface area contributed by atoms with Crippen molar-refractivity contribution in [1.29, 1.82) is 0 Å². The van der Waals surface area contributed by atoms with Gasteiger partial charge in [-0.05, 0) is 31.5 Å². The number of amides is 2. The summed E-state index contributed by atoms with van der Waals surface area (Å²) in [5, 5.41) is 15.9. The maximum atomic E-state index is 12.1. The summed E-state index contributed by atoms with van der Waals surface area (Å²) in [6, 6.07) is 13.2. The van der Waals surface area contributed by atoms with Gasteiger partial charge in [-0.3, -0.25) is 10.1 Å². The molecule has 0 aliphatic heterocycles. The van der Waals surface area contributed by atoms with Crippen molar-refractivity contribution in [2.75, 3.05) is 5.32 Å². The molecule has 2 amide bonds. The zero-order valence-corrected chi connectivity index (χ0v) is 14.3. The van der Waals surface area contributed by atoms with Gasteiger partial charge in [-0.25, -0.2) is 9.59 Å².